The van der Waals surface area contributed by atoms with Crippen LogP contribution in [0.1, 0.15) is 30.1 Å². The lowest BCUT2D eigenvalue weighted by Gasteiger charge is -2.32. The Hall–Kier alpha value is -2.77. The average Bonchev–Trinajstić information content (AvgIpc) is 3.13. The second-order valence-electron chi connectivity index (χ2n) is 6.18. The summed E-state index contributed by atoms with van der Waals surface area (Å²) >= 11 is 0. The fraction of sp³-hybridized carbons (Fsp3) is 0.500. The second-order valence-corrected chi connectivity index (χ2v) is 6.18. The molecule has 1 unspecified atom stereocenters. The number of likely N-dealkylation sites (tertiary alicyclic amines) is 1. The lowest BCUT2D eigenvalue weighted by atomic mass is 9.90. The standard InChI is InChI=1S/C18H22N2O6/c1-2-24-16(21)9-19-18(23)20-7-3-4-13(10-20)17(22)12-5-6-14-15(8-12)26-11-25-14/h5-6,8,13H,2-4,7,9-11H2,1H3,(H,19,23). The predicted octanol–water partition coefficient (Wildman–Crippen LogP) is 1.58. The number of fused-ring (bicyclic) bond motifs is 1. The van der Waals surface area contributed by atoms with Gasteiger partial charge in [-0.2, -0.15) is 0 Å². The smallest absolute Gasteiger partial charge is 0.325 e. The first kappa shape index (κ1) is 18.0. The van der Waals surface area contributed by atoms with E-state index < -0.39 is 5.97 Å². The summed E-state index contributed by atoms with van der Waals surface area (Å²) in [7, 11) is 0. The molecule has 26 heavy (non-hydrogen) atoms. The van der Waals surface area contributed by atoms with Gasteiger partial charge in [-0.1, -0.05) is 0 Å². The highest BCUT2D eigenvalue weighted by atomic mass is 16.7. The van der Waals surface area contributed by atoms with E-state index in [4.69, 9.17) is 14.2 Å². The van der Waals surface area contributed by atoms with Crippen LogP contribution < -0.4 is 14.8 Å². The zero-order valence-electron chi connectivity index (χ0n) is 14.7. The Morgan fingerprint density at radius 1 is 1.27 bits per heavy atom. The van der Waals surface area contributed by atoms with Crippen molar-refractivity contribution in [3.8, 4) is 11.5 Å². The Morgan fingerprint density at radius 3 is 2.88 bits per heavy atom. The molecule has 8 heteroatoms. The summed E-state index contributed by atoms with van der Waals surface area (Å²) in [6.07, 6.45) is 1.45. The molecule has 0 aliphatic carbocycles. The van der Waals surface area contributed by atoms with Crippen molar-refractivity contribution >= 4 is 17.8 Å². The monoisotopic (exact) mass is 362 g/mol. The summed E-state index contributed by atoms with van der Waals surface area (Å²) in [6, 6.07) is 4.77. The van der Waals surface area contributed by atoms with E-state index in [0.717, 1.165) is 12.8 Å². The first-order valence-corrected chi connectivity index (χ1v) is 8.70. The zero-order chi connectivity index (χ0) is 18.5. The number of nitrogens with one attached hydrogen (secondary N) is 1. The van der Waals surface area contributed by atoms with Crippen LogP contribution in [0.4, 0.5) is 4.79 Å². The highest BCUT2D eigenvalue weighted by molar-refractivity contribution is 5.99. The van der Waals surface area contributed by atoms with Gasteiger partial charge in [-0.05, 0) is 38.0 Å². The molecule has 0 radical (unpaired) electrons. The number of ketones is 1. The molecule has 8 nitrogen and oxygen atoms in total. The van der Waals surface area contributed by atoms with E-state index in [9.17, 15) is 14.4 Å². The summed E-state index contributed by atoms with van der Waals surface area (Å²) in [5, 5.41) is 2.53. The van der Waals surface area contributed by atoms with E-state index in [1.54, 1.807) is 30.0 Å². The number of hydrogen-bond donors (Lipinski definition) is 1. The molecule has 2 aliphatic heterocycles. The summed E-state index contributed by atoms with van der Waals surface area (Å²) in [4.78, 5) is 37.9. The molecular formula is C18H22N2O6. The van der Waals surface area contributed by atoms with Crippen LogP contribution in [0.25, 0.3) is 0 Å². The van der Waals surface area contributed by atoms with Crippen molar-refractivity contribution in [1.82, 2.24) is 10.2 Å². The Balaban J connectivity index is 1.58. The minimum atomic E-state index is -0.481. The third kappa shape index (κ3) is 4.07. The van der Waals surface area contributed by atoms with E-state index in [0.29, 0.717) is 30.2 Å². The quantitative estimate of drug-likeness (QED) is 0.631. The van der Waals surface area contributed by atoms with Crippen molar-refractivity contribution in [2.75, 3.05) is 33.0 Å². The summed E-state index contributed by atoms with van der Waals surface area (Å²) in [5.74, 6) is 0.412. The summed E-state index contributed by atoms with van der Waals surface area (Å²) in [5.41, 5.74) is 0.549. The van der Waals surface area contributed by atoms with Gasteiger partial charge in [0.05, 0.1) is 6.61 Å². The Kier molecular flexibility index (Phi) is 5.60. The number of carbonyl (C=O) groups is 3. The maximum atomic E-state index is 12.8. The van der Waals surface area contributed by atoms with Gasteiger partial charge in [0.1, 0.15) is 6.54 Å². The summed E-state index contributed by atoms with van der Waals surface area (Å²) < 4.78 is 15.4. The van der Waals surface area contributed by atoms with Crippen LogP contribution in [0, 0.1) is 5.92 Å². The minimum absolute atomic E-state index is 0.0220. The molecule has 2 aliphatic rings. The lowest BCUT2D eigenvalue weighted by Crippen LogP contribution is -2.48. The number of Topliss-reactive ketones (excluding diaryl/α,β-unsaturated/α-hetero) is 1. The molecule has 0 spiro atoms. The molecule has 3 rings (SSSR count). The largest absolute Gasteiger partial charge is 0.465 e. The summed E-state index contributed by atoms with van der Waals surface area (Å²) in [6.45, 7) is 2.83. The number of piperidine rings is 1. The Labute approximate surface area is 151 Å². The van der Waals surface area contributed by atoms with E-state index in [2.05, 4.69) is 5.32 Å². The van der Waals surface area contributed by atoms with Gasteiger partial charge < -0.3 is 24.4 Å². The molecule has 2 heterocycles. The molecule has 1 aromatic rings. The zero-order valence-corrected chi connectivity index (χ0v) is 14.7. The van der Waals surface area contributed by atoms with Crippen molar-refractivity contribution in [3.63, 3.8) is 0 Å². The van der Waals surface area contributed by atoms with E-state index in [1.807, 2.05) is 0 Å². The second kappa shape index (κ2) is 8.07. The molecule has 1 atom stereocenters. The molecule has 2 amide bonds. The van der Waals surface area contributed by atoms with Gasteiger partial charge in [0, 0.05) is 24.6 Å². The van der Waals surface area contributed by atoms with Crippen LogP contribution in [0.5, 0.6) is 11.5 Å². The van der Waals surface area contributed by atoms with Gasteiger partial charge in [0.2, 0.25) is 6.79 Å². The van der Waals surface area contributed by atoms with Crippen LogP contribution in [0.3, 0.4) is 0 Å². The van der Waals surface area contributed by atoms with E-state index in [1.165, 1.54) is 0 Å². The SMILES string of the molecule is CCOC(=O)CNC(=O)N1CCCC(C(=O)c2ccc3c(c2)OCO3)C1. The topological polar surface area (TPSA) is 94.2 Å². The van der Waals surface area contributed by atoms with E-state index >= 15 is 0 Å². The maximum absolute atomic E-state index is 12.8. The Bertz CT molecular complexity index is 705. The highest BCUT2D eigenvalue weighted by Gasteiger charge is 2.30. The normalized spacial score (nSPS) is 18.3. The minimum Gasteiger partial charge on any atom is -0.465 e. The predicted molar refractivity (Wildman–Crippen MR) is 91.2 cm³/mol. The number of urea groups is 1. The third-order valence-electron chi connectivity index (χ3n) is 4.43. The van der Waals surface area contributed by atoms with Gasteiger partial charge in [0.25, 0.3) is 0 Å². The average molecular weight is 362 g/mol. The first-order chi connectivity index (χ1) is 12.6. The number of esters is 1. The van der Waals surface area contributed by atoms with Gasteiger partial charge in [-0.3, -0.25) is 9.59 Å². The molecule has 0 saturated carbocycles. The van der Waals surface area contributed by atoms with Crippen molar-refractivity contribution < 1.29 is 28.6 Å². The third-order valence-corrected chi connectivity index (χ3v) is 4.43. The van der Waals surface area contributed by atoms with Crippen molar-refractivity contribution in [1.29, 1.82) is 0 Å². The fourth-order valence-electron chi connectivity index (χ4n) is 3.13. The molecule has 0 bridgehead atoms. The van der Waals surface area contributed by atoms with Crippen LogP contribution in [0.2, 0.25) is 0 Å². The van der Waals surface area contributed by atoms with Crippen LogP contribution in [-0.2, 0) is 9.53 Å². The van der Waals surface area contributed by atoms with Gasteiger partial charge in [-0.25, -0.2) is 4.79 Å². The number of benzene rings is 1. The highest BCUT2D eigenvalue weighted by Crippen LogP contribution is 2.33. The van der Waals surface area contributed by atoms with Gasteiger partial charge >= 0.3 is 12.0 Å². The van der Waals surface area contributed by atoms with Gasteiger partial charge in [0.15, 0.2) is 17.3 Å². The van der Waals surface area contributed by atoms with Crippen LogP contribution >= 0.6 is 0 Å². The number of amides is 2. The van der Waals surface area contributed by atoms with Crippen molar-refractivity contribution in [2.45, 2.75) is 19.8 Å². The molecule has 1 N–H and O–H groups in total. The molecule has 1 fully saturated rings. The molecule has 140 valence electrons. The molecule has 1 saturated heterocycles. The number of rotatable bonds is 5. The number of nitrogens with zero attached hydrogens (tertiary/aromatic N) is 1. The molecular weight excluding hydrogens is 340 g/mol. The number of hydrogen-bond acceptors (Lipinski definition) is 6. The molecule has 0 aromatic heterocycles. The van der Waals surface area contributed by atoms with Crippen molar-refractivity contribution in [3.05, 3.63) is 23.8 Å². The first-order valence-electron chi connectivity index (χ1n) is 8.70. The van der Waals surface area contributed by atoms with Gasteiger partial charge in [-0.15, -0.1) is 0 Å². The van der Waals surface area contributed by atoms with Crippen LogP contribution in [0.15, 0.2) is 18.2 Å². The molecule has 1 aromatic carbocycles. The lowest BCUT2D eigenvalue weighted by molar-refractivity contribution is -0.141. The number of ether oxygens (including phenoxy) is 3. The van der Waals surface area contributed by atoms with E-state index in [-0.39, 0.29) is 37.7 Å². The maximum Gasteiger partial charge on any atom is 0.325 e. The fourth-order valence-corrected chi connectivity index (χ4v) is 3.13. The van der Waals surface area contributed by atoms with Crippen molar-refractivity contribution in [2.24, 2.45) is 5.92 Å². The van der Waals surface area contributed by atoms with Crippen LogP contribution in [-0.4, -0.2) is 55.7 Å². The Morgan fingerprint density at radius 2 is 2.08 bits per heavy atom. The number of carbonyl (C=O) groups excluding carboxylic acids is 3.